The molecule has 0 aromatic heterocycles. The molecule has 0 spiro atoms. The lowest BCUT2D eigenvalue weighted by atomic mass is 10.3. The van der Waals surface area contributed by atoms with Crippen LogP contribution in [-0.4, -0.2) is 21.5 Å². The zero-order chi connectivity index (χ0) is 18.2. The van der Waals surface area contributed by atoms with Gasteiger partial charge in [0.05, 0.1) is 10.9 Å². The zero-order valence-electron chi connectivity index (χ0n) is 13.0. The Hall–Kier alpha value is -3.88. The van der Waals surface area contributed by atoms with Crippen LogP contribution in [0.2, 0.25) is 0 Å². The molecule has 2 aromatic rings. The fraction of sp³-hybridized carbons (Fsp3) is 0. The zero-order valence-corrected chi connectivity index (χ0v) is 13.0. The van der Waals surface area contributed by atoms with Crippen LogP contribution < -0.4 is 21.2 Å². The Balaban J connectivity index is 0.000000399. The standard InChI is InChI=1S/C13H11N5O2.C3H4O2/c19-18(20)13-14-17(12-9-5-2-6-10-12)15-16(13)11-7-3-1-4-8-11;1-2-3(4)5/h1-10,15H;2H,1H2,(H,4,5). The number of carbonyl (C=O) groups excluding carboxylic acids is 1. The molecule has 9 nitrogen and oxygen atoms in total. The van der Waals surface area contributed by atoms with Crippen molar-refractivity contribution in [1.29, 1.82) is 0 Å². The van der Waals surface area contributed by atoms with Gasteiger partial charge in [-0.2, -0.15) is 0 Å². The summed E-state index contributed by atoms with van der Waals surface area (Å²) in [4.78, 5) is 19.8. The smallest absolute Gasteiger partial charge is 0.545 e. The number of hydrazine groups is 3. The molecule has 0 aliphatic carbocycles. The molecular weight excluding hydrogens is 326 g/mol. The Kier molecular flexibility index (Phi) is 5.67. The number of hydrogen-bond donors (Lipinski definition) is 2. The summed E-state index contributed by atoms with van der Waals surface area (Å²) in [7, 11) is 0. The molecule has 2 N–H and O–H groups in total. The first kappa shape index (κ1) is 17.5. The Morgan fingerprint density at radius 2 is 1.64 bits per heavy atom. The number of carbonyl (C=O) groups is 1. The molecule has 1 aliphatic heterocycles. The first-order valence-corrected chi connectivity index (χ1v) is 7.11. The van der Waals surface area contributed by atoms with Crippen LogP contribution in [0, 0.1) is 10.1 Å². The molecule has 1 aliphatic rings. The second-order valence-corrected chi connectivity index (χ2v) is 4.66. The number of nitrogens with one attached hydrogen (secondary N) is 2. The summed E-state index contributed by atoms with van der Waals surface area (Å²) < 4.78 is 1.38. The molecule has 25 heavy (non-hydrogen) atoms. The van der Waals surface area contributed by atoms with Crippen molar-refractivity contribution in [2.24, 2.45) is 0 Å². The number of carboxylic acids is 1. The lowest BCUT2D eigenvalue weighted by Crippen LogP contribution is -2.44. The minimum Gasteiger partial charge on any atom is -0.545 e. The summed E-state index contributed by atoms with van der Waals surface area (Å²) in [6.45, 7) is 2.90. The summed E-state index contributed by atoms with van der Waals surface area (Å²) in [6, 6.07) is 18.3. The summed E-state index contributed by atoms with van der Waals surface area (Å²) in [5, 5.41) is 21.8. The van der Waals surface area contributed by atoms with Crippen molar-refractivity contribution < 1.29 is 19.5 Å². The van der Waals surface area contributed by atoms with Gasteiger partial charge < -0.3 is 20.0 Å². The van der Waals surface area contributed by atoms with Gasteiger partial charge in [-0.1, -0.05) is 59.1 Å². The minimum atomic E-state index is -1.23. The number of benzene rings is 2. The molecule has 0 atom stereocenters. The molecule has 9 heteroatoms. The molecule has 0 bridgehead atoms. The number of nitrogens with zero attached hydrogens (tertiary/aromatic N) is 3. The highest BCUT2D eigenvalue weighted by atomic mass is 16.6. The van der Waals surface area contributed by atoms with Crippen LogP contribution >= 0.6 is 0 Å². The summed E-state index contributed by atoms with van der Waals surface area (Å²) in [5.74, 6) is -1.38. The number of hydrogen-bond acceptors (Lipinski definition) is 7. The third kappa shape index (κ3) is 4.55. The minimum absolute atomic E-state index is 0.153. The third-order valence-electron chi connectivity index (χ3n) is 2.99. The fourth-order valence-corrected chi connectivity index (χ4v) is 1.90. The Morgan fingerprint density at radius 3 is 2.12 bits per heavy atom. The van der Waals surface area contributed by atoms with E-state index in [4.69, 9.17) is 9.90 Å². The molecule has 0 radical (unpaired) electrons. The van der Waals surface area contributed by atoms with Gasteiger partial charge in [0.2, 0.25) is 0 Å². The average molecular weight is 341 g/mol. The van der Waals surface area contributed by atoms with E-state index in [9.17, 15) is 10.1 Å². The van der Waals surface area contributed by atoms with Gasteiger partial charge >= 0.3 is 5.96 Å². The first-order valence-electron chi connectivity index (χ1n) is 7.11. The monoisotopic (exact) mass is 341 g/mol. The van der Waals surface area contributed by atoms with E-state index >= 15 is 0 Å². The number of carboxylic acid groups (broad SMARTS) is 1. The van der Waals surface area contributed by atoms with Gasteiger partial charge in [-0.15, -0.1) is 0 Å². The van der Waals surface area contributed by atoms with Crippen molar-refractivity contribution in [3.8, 4) is 0 Å². The highest BCUT2D eigenvalue weighted by molar-refractivity contribution is 5.76. The maximum Gasteiger partial charge on any atom is 0.626 e. The second kappa shape index (κ2) is 8.11. The summed E-state index contributed by atoms with van der Waals surface area (Å²) in [5.41, 5.74) is 7.09. The number of guanidine groups is 1. The summed E-state index contributed by atoms with van der Waals surface area (Å²) in [6.07, 6.45) is 0.722. The van der Waals surface area contributed by atoms with Crippen LogP contribution in [0.5, 0.6) is 0 Å². The number of hydrazone groups is 1. The SMILES string of the molecule is C=CC(=O)[O-].O=[N+]([O-])C1=[N+](c2ccccc2)NN(c2ccccc2)N1. The number of aliphatic carboxylic acids is 1. The predicted molar refractivity (Wildman–Crippen MR) is 88.8 cm³/mol. The summed E-state index contributed by atoms with van der Waals surface area (Å²) >= 11 is 0. The third-order valence-corrected chi connectivity index (χ3v) is 2.99. The van der Waals surface area contributed by atoms with Gasteiger partial charge in [0.25, 0.3) is 0 Å². The van der Waals surface area contributed by atoms with E-state index in [0.29, 0.717) is 5.69 Å². The molecule has 1 heterocycles. The van der Waals surface area contributed by atoms with Crippen molar-refractivity contribution in [2.75, 3.05) is 5.12 Å². The largest absolute Gasteiger partial charge is 0.626 e. The van der Waals surface area contributed by atoms with E-state index in [1.807, 2.05) is 48.5 Å². The normalized spacial score (nSPS) is 12.4. The molecular formula is C16H15N5O4. The van der Waals surface area contributed by atoms with Crippen LogP contribution in [0.4, 0.5) is 11.4 Å². The van der Waals surface area contributed by atoms with E-state index in [2.05, 4.69) is 17.5 Å². The quantitative estimate of drug-likeness (QED) is 0.358. The number of para-hydroxylation sites is 2. The molecule has 3 rings (SSSR count). The van der Waals surface area contributed by atoms with Gasteiger partial charge in [0.15, 0.2) is 5.69 Å². The van der Waals surface area contributed by atoms with Gasteiger partial charge in [0, 0.05) is 0 Å². The Morgan fingerprint density at radius 1 is 1.12 bits per heavy atom. The molecule has 0 fully saturated rings. The predicted octanol–water partition coefficient (Wildman–Crippen LogP) is 0.330. The fourth-order valence-electron chi connectivity index (χ4n) is 1.90. The highest BCUT2D eigenvalue weighted by Gasteiger charge is 2.40. The molecule has 0 saturated carbocycles. The van der Waals surface area contributed by atoms with Crippen LogP contribution in [-0.2, 0) is 4.79 Å². The second-order valence-electron chi connectivity index (χ2n) is 4.66. The maximum absolute atomic E-state index is 11.2. The van der Waals surface area contributed by atoms with Crippen molar-refractivity contribution in [3.05, 3.63) is 83.4 Å². The Bertz CT molecular complexity index is 793. The van der Waals surface area contributed by atoms with E-state index in [0.717, 1.165) is 11.8 Å². The number of rotatable bonds is 3. The lowest BCUT2D eigenvalue weighted by Gasteiger charge is -2.09. The van der Waals surface area contributed by atoms with Crippen LogP contribution in [0.3, 0.4) is 0 Å². The number of nitro groups is 1. The van der Waals surface area contributed by atoms with Crippen LogP contribution in [0.1, 0.15) is 0 Å². The van der Waals surface area contributed by atoms with E-state index in [1.165, 1.54) is 9.80 Å². The van der Waals surface area contributed by atoms with Gasteiger partial charge in [-0.3, -0.25) is 0 Å². The molecule has 0 unspecified atom stereocenters. The molecule has 0 saturated heterocycles. The van der Waals surface area contributed by atoms with Crippen LogP contribution in [0.25, 0.3) is 0 Å². The van der Waals surface area contributed by atoms with E-state index in [1.54, 1.807) is 12.1 Å². The molecule has 128 valence electrons. The highest BCUT2D eigenvalue weighted by Crippen LogP contribution is 2.16. The van der Waals surface area contributed by atoms with E-state index in [-0.39, 0.29) is 5.96 Å². The van der Waals surface area contributed by atoms with Gasteiger partial charge in [-0.05, 0) is 35.0 Å². The van der Waals surface area contributed by atoms with Crippen molar-refractivity contribution in [3.63, 3.8) is 0 Å². The number of anilines is 1. The Labute approximate surface area is 143 Å². The molecule has 2 aromatic carbocycles. The average Bonchev–Trinajstić information content (AvgIpc) is 3.09. The van der Waals surface area contributed by atoms with Crippen molar-refractivity contribution in [2.45, 2.75) is 0 Å². The van der Waals surface area contributed by atoms with E-state index < -0.39 is 10.9 Å². The van der Waals surface area contributed by atoms with Crippen molar-refractivity contribution >= 4 is 23.3 Å². The van der Waals surface area contributed by atoms with Crippen LogP contribution in [0.15, 0.2) is 73.3 Å². The first-order chi connectivity index (χ1) is 12.0. The molecule has 0 amide bonds. The van der Waals surface area contributed by atoms with Gasteiger partial charge in [0.1, 0.15) is 5.69 Å². The topological polar surface area (TPSA) is 114 Å². The van der Waals surface area contributed by atoms with Crippen molar-refractivity contribution in [1.82, 2.24) is 11.0 Å². The maximum atomic E-state index is 11.2. The lowest BCUT2D eigenvalue weighted by molar-refractivity contribution is -0.549. The van der Waals surface area contributed by atoms with Gasteiger partial charge in [-0.25, -0.2) is 0 Å².